The largest absolute Gasteiger partial charge is 0.347 e. The number of hydrogen-bond acceptors (Lipinski definition) is 4. The number of piperidine rings is 1. The number of nitrogens with zero attached hydrogens (tertiary/aromatic N) is 3. The molecule has 30 heavy (non-hydrogen) atoms. The molecule has 3 aromatic rings. The lowest BCUT2D eigenvalue weighted by molar-refractivity contribution is -0.188. The third-order valence-corrected chi connectivity index (χ3v) is 6.33. The van der Waals surface area contributed by atoms with Crippen LogP contribution in [-0.4, -0.2) is 52.7 Å². The number of ether oxygens (including phenoxy) is 2. The van der Waals surface area contributed by atoms with Gasteiger partial charge in [-0.15, -0.1) is 0 Å². The van der Waals surface area contributed by atoms with Crippen LogP contribution in [0.5, 0.6) is 0 Å². The first kappa shape index (κ1) is 19.5. The van der Waals surface area contributed by atoms with Gasteiger partial charge < -0.3 is 14.4 Å². The number of benzene rings is 2. The molecule has 2 saturated heterocycles. The summed E-state index contributed by atoms with van der Waals surface area (Å²) in [5.41, 5.74) is 2.73. The van der Waals surface area contributed by atoms with Crippen molar-refractivity contribution in [3.8, 4) is 11.3 Å². The molecule has 0 aliphatic carbocycles. The molecule has 1 atom stereocenters. The molecule has 6 nitrogen and oxygen atoms in total. The van der Waals surface area contributed by atoms with E-state index in [0.717, 1.165) is 22.2 Å². The molecule has 2 aromatic carbocycles. The van der Waals surface area contributed by atoms with Gasteiger partial charge in [-0.05, 0) is 25.1 Å². The highest BCUT2D eigenvalue weighted by Gasteiger charge is 2.41. The van der Waals surface area contributed by atoms with Gasteiger partial charge in [-0.1, -0.05) is 41.9 Å². The lowest BCUT2D eigenvalue weighted by atomic mass is 10.0. The second-order valence-corrected chi connectivity index (χ2v) is 8.37. The fraction of sp³-hybridized carbons (Fsp3) is 0.391. The summed E-state index contributed by atoms with van der Waals surface area (Å²) in [6, 6.07) is 15.2. The maximum atomic E-state index is 13.3. The molecule has 5 rings (SSSR count). The molecule has 2 fully saturated rings. The minimum absolute atomic E-state index is 0.0572. The fourth-order valence-electron chi connectivity index (χ4n) is 4.44. The Morgan fingerprint density at radius 1 is 1.10 bits per heavy atom. The maximum absolute atomic E-state index is 13.3. The molecule has 0 saturated carbocycles. The molecule has 2 aliphatic heterocycles. The second kappa shape index (κ2) is 7.69. The van der Waals surface area contributed by atoms with E-state index >= 15 is 0 Å². The summed E-state index contributed by atoms with van der Waals surface area (Å²) in [7, 11) is 0. The quantitative estimate of drug-likeness (QED) is 0.628. The average molecular weight is 426 g/mol. The zero-order chi connectivity index (χ0) is 20.7. The summed E-state index contributed by atoms with van der Waals surface area (Å²) in [6.07, 6.45) is 1.41. The van der Waals surface area contributed by atoms with Gasteiger partial charge in [-0.3, -0.25) is 9.48 Å². The van der Waals surface area contributed by atoms with E-state index in [9.17, 15) is 4.79 Å². The molecule has 7 heteroatoms. The summed E-state index contributed by atoms with van der Waals surface area (Å²) in [4.78, 5) is 15.2. The maximum Gasteiger partial charge on any atom is 0.247 e. The first-order chi connectivity index (χ1) is 14.6. The van der Waals surface area contributed by atoms with Crippen molar-refractivity contribution < 1.29 is 14.3 Å². The van der Waals surface area contributed by atoms with Crippen LogP contribution in [0.25, 0.3) is 22.2 Å². The molecule has 0 bridgehead atoms. The SMILES string of the molecule is C[C@@H](C(=O)N1CCC2(CC1)OCCO2)n1nc(-c2ccccc2)c2cc(Cl)ccc21. The number of fused-ring (bicyclic) bond motifs is 1. The van der Waals surface area contributed by atoms with Gasteiger partial charge in [-0.2, -0.15) is 5.10 Å². The lowest BCUT2D eigenvalue weighted by Crippen LogP contribution is -2.48. The average Bonchev–Trinajstić information content (AvgIpc) is 3.38. The van der Waals surface area contributed by atoms with Gasteiger partial charge in [0, 0.05) is 41.9 Å². The van der Waals surface area contributed by atoms with Crippen molar-refractivity contribution in [2.45, 2.75) is 31.6 Å². The standard InChI is InChI=1S/C23H24ClN3O3/c1-16(22(28)26-11-9-23(10-12-26)29-13-14-30-23)27-20-8-7-18(24)15-19(20)21(25-27)17-5-3-2-4-6-17/h2-8,15-16H,9-14H2,1H3/t16-/m0/s1. The van der Waals surface area contributed by atoms with E-state index in [1.165, 1.54) is 0 Å². The molecule has 1 aromatic heterocycles. The molecular formula is C23H24ClN3O3. The van der Waals surface area contributed by atoms with Crippen LogP contribution in [0.15, 0.2) is 48.5 Å². The normalized spacial score (nSPS) is 19.5. The summed E-state index contributed by atoms with van der Waals surface area (Å²) in [6.45, 7) is 4.42. The second-order valence-electron chi connectivity index (χ2n) is 7.93. The van der Waals surface area contributed by atoms with Crippen molar-refractivity contribution in [1.29, 1.82) is 0 Å². The van der Waals surface area contributed by atoms with Crippen LogP contribution < -0.4 is 0 Å². The smallest absolute Gasteiger partial charge is 0.247 e. The number of hydrogen-bond donors (Lipinski definition) is 0. The number of aromatic nitrogens is 2. The molecule has 0 unspecified atom stereocenters. The summed E-state index contributed by atoms with van der Waals surface area (Å²) in [5.74, 6) is -0.433. The third-order valence-electron chi connectivity index (χ3n) is 6.09. The molecule has 2 aliphatic rings. The predicted octanol–water partition coefficient (Wildman–Crippen LogP) is 4.28. The van der Waals surface area contributed by atoms with Crippen LogP contribution in [0.3, 0.4) is 0 Å². The molecular weight excluding hydrogens is 402 g/mol. The third kappa shape index (κ3) is 3.39. The number of likely N-dealkylation sites (tertiary alicyclic amines) is 1. The highest BCUT2D eigenvalue weighted by Crippen LogP contribution is 2.34. The Labute approximate surface area is 180 Å². The van der Waals surface area contributed by atoms with E-state index in [2.05, 4.69) is 0 Å². The van der Waals surface area contributed by atoms with E-state index in [4.69, 9.17) is 26.2 Å². The van der Waals surface area contributed by atoms with Crippen molar-refractivity contribution in [2.24, 2.45) is 0 Å². The van der Waals surface area contributed by atoms with Crippen molar-refractivity contribution in [2.75, 3.05) is 26.3 Å². The Kier molecular flexibility index (Phi) is 5.01. The van der Waals surface area contributed by atoms with E-state index in [0.29, 0.717) is 44.2 Å². The number of amides is 1. The van der Waals surface area contributed by atoms with Crippen molar-refractivity contribution in [3.63, 3.8) is 0 Å². The zero-order valence-corrected chi connectivity index (χ0v) is 17.6. The molecule has 156 valence electrons. The number of carbonyl (C=O) groups excluding carboxylic acids is 1. The van der Waals surface area contributed by atoms with Gasteiger partial charge in [0.05, 0.1) is 18.7 Å². The van der Waals surface area contributed by atoms with E-state index in [1.54, 1.807) is 0 Å². The van der Waals surface area contributed by atoms with E-state index < -0.39 is 11.8 Å². The lowest BCUT2D eigenvalue weighted by Gasteiger charge is -2.38. The Balaban J connectivity index is 1.45. The van der Waals surface area contributed by atoms with Gasteiger partial charge in [0.2, 0.25) is 5.91 Å². The molecule has 0 N–H and O–H groups in total. The van der Waals surface area contributed by atoms with Crippen LogP contribution in [0.1, 0.15) is 25.8 Å². The summed E-state index contributed by atoms with van der Waals surface area (Å²) >= 11 is 6.27. The predicted molar refractivity (Wildman–Crippen MR) is 115 cm³/mol. The van der Waals surface area contributed by atoms with Crippen molar-refractivity contribution in [1.82, 2.24) is 14.7 Å². The Morgan fingerprint density at radius 3 is 2.50 bits per heavy atom. The Bertz CT molecular complexity index is 1070. The minimum atomic E-state index is -0.490. The first-order valence-electron chi connectivity index (χ1n) is 10.4. The van der Waals surface area contributed by atoms with Gasteiger partial charge >= 0.3 is 0 Å². The van der Waals surface area contributed by atoms with Crippen molar-refractivity contribution in [3.05, 3.63) is 53.6 Å². The van der Waals surface area contributed by atoms with Gasteiger partial charge in [-0.25, -0.2) is 0 Å². The van der Waals surface area contributed by atoms with Crippen LogP contribution in [0.2, 0.25) is 5.02 Å². The Hall–Kier alpha value is -2.41. The molecule has 1 amide bonds. The Morgan fingerprint density at radius 2 is 1.80 bits per heavy atom. The molecule has 1 spiro atoms. The van der Waals surface area contributed by atoms with Crippen LogP contribution >= 0.6 is 11.6 Å². The minimum Gasteiger partial charge on any atom is -0.347 e. The first-order valence-corrected chi connectivity index (χ1v) is 10.7. The van der Waals surface area contributed by atoms with Crippen LogP contribution in [-0.2, 0) is 14.3 Å². The highest BCUT2D eigenvalue weighted by atomic mass is 35.5. The van der Waals surface area contributed by atoms with Crippen LogP contribution in [0, 0.1) is 0 Å². The van der Waals surface area contributed by atoms with Gasteiger partial charge in [0.25, 0.3) is 0 Å². The molecule has 0 radical (unpaired) electrons. The topological polar surface area (TPSA) is 56.6 Å². The fourth-order valence-corrected chi connectivity index (χ4v) is 4.61. The van der Waals surface area contributed by atoms with Crippen molar-refractivity contribution >= 4 is 28.4 Å². The number of rotatable bonds is 3. The number of halogens is 1. The monoisotopic (exact) mass is 425 g/mol. The van der Waals surface area contributed by atoms with E-state index in [1.807, 2.05) is 65.0 Å². The van der Waals surface area contributed by atoms with Gasteiger partial charge in [0.15, 0.2) is 5.79 Å². The van der Waals surface area contributed by atoms with Crippen LogP contribution in [0.4, 0.5) is 0 Å². The number of carbonyl (C=O) groups is 1. The summed E-state index contributed by atoms with van der Waals surface area (Å²) < 4.78 is 13.4. The highest BCUT2D eigenvalue weighted by molar-refractivity contribution is 6.31. The summed E-state index contributed by atoms with van der Waals surface area (Å²) in [5, 5.41) is 6.44. The van der Waals surface area contributed by atoms with E-state index in [-0.39, 0.29) is 5.91 Å². The molecule has 3 heterocycles. The van der Waals surface area contributed by atoms with Gasteiger partial charge in [0.1, 0.15) is 11.7 Å². The zero-order valence-electron chi connectivity index (χ0n) is 16.9.